The number of methoxy groups -OCH3 is 2. The van der Waals surface area contributed by atoms with Gasteiger partial charge in [-0.3, -0.25) is 4.79 Å². The summed E-state index contributed by atoms with van der Waals surface area (Å²) in [4.78, 5) is 28.7. The molecule has 0 spiro atoms. The molecule has 0 aliphatic carbocycles. The van der Waals surface area contributed by atoms with E-state index in [1.54, 1.807) is 33.3 Å². The molecule has 4 N–H and O–H groups in total. The zero-order valence-corrected chi connectivity index (χ0v) is 17.4. The lowest BCUT2D eigenvalue weighted by Gasteiger charge is -2.11. The molecule has 29 heavy (non-hydrogen) atoms. The molecule has 11 heteroatoms. The van der Waals surface area contributed by atoms with Crippen LogP contribution in [-0.4, -0.2) is 48.8 Å². The molecule has 0 amide bonds. The number of guanidine groups is 1. The van der Waals surface area contributed by atoms with E-state index in [0.717, 1.165) is 16.9 Å². The fourth-order valence-corrected chi connectivity index (χ4v) is 2.72. The van der Waals surface area contributed by atoms with E-state index < -0.39 is 5.97 Å². The third-order valence-electron chi connectivity index (χ3n) is 3.24. The van der Waals surface area contributed by atoms with E-state index in [1.807, 2.05) is 6.07 Å². The van der Waals surface area contributed by atoms with Crippen molar-refractivity contribution in [3.8, 4) is 11.5 Å². The minimum absolute atomic E-state index is 0.0447. The van der Waals surface area contributed by atoms with Crippen LogP contribution in [0.1, 0.15) is 29.9 Å². The van der Waals surface area contributed by atoms with Crippen molar-refractivity contribution >= 4 is 34.4 Å². The van der Waals surface area contributed by atoms with Crippen LogP contribution in [0.4, 0.5) is 5.13 Å². The number of ether oxygens (including phenoxy) is 3. The second-order valence-electron chi connectivity index (χ2n) is 5.24. The van der Waals surface area contributed by atoms with Crippen molar-refractivity contribution in [1.82, 2.24) is 4.98 Å². The Morgan fingerprint density at radius 1 is 1.28 bits per heavy atom. The highest BCUT2D eigenvalue weighted by molar-refractivity contribution is 7.14. The van der Waals surface area contributed by atoms with Crippen molar-refractivity contribution in [2.45, 2.75) is 20.4 Å². The van der Waals surface area contributed by atoms with Crippen molar-refractivity contribution in [3.63, 3.8) is 0 Å². The van der Waals surface area contributed by atoms with Crippen molar-refractivity contribution < 1.29 is 28.9 Å². The summed E-state index contributed by atoms with van der Waals surface area (Å²) in [7, 11) is 3.12. The number of carboxylic acids is 1. The van der Waals surface area contributed by atoms with E-state index >= 15 is 0 Å². The fourth-order valence-electron chi connectivity index (χ4n) is 2.03. The van der Waals surface area contributed by atoms with Gasteiger partial charge in [0, 0.05) is 12.3 Å². The van der Waals surface area contributed by atoms with Crippen molar-refractivity contribution in [1.29, 1.82) is 0 Å². The zero-order chi connectivity index (χ0) is 21.8. The van der Waals surface area contributed by atoms with Crippen LogP contribution < -0.4 is 20.5 Å². The molecule has 1 aromatic heterocycles. The van der Waals surface area contributed by atoms with Crippen LogP contribution in [0.15, 0.2) is 28.6 Å². The Balaban J connectivity index is 0.000000612. The Kier molecular flexibility index (Phi) is 9.96. The zero-order valence-electron chi connectivity index (χ0n) is 16.6. The molecule has 10 nitrogen and oxygen atoms in total. The molecule has 2 rings (SSSR count). The summed E-state index contributed by atoms with van der Waals surface area (Å²) in [6.45, 7) is 3.89. The summed E-state index contributed by atoms with van der Waals surface area (Å²) < 4.78 is 15.0. The fraction of sp³-hybridized carbons (Fsp3) is 0.333. The van der Waals surface area contributed by atoms with Gasteiger partial charge in [-0.15, -0.1) is 11.3 Å². The van der Waals surface area contributed by atoms with E-state index in [1.165, 1.54) is 12.3 Å². The first-order valence-corrected chi connectivity index (χ1v) is 9.29. The average Bonchev–Trinajstić information content (AvgIpc) is 3.15. The number of benzene rings is 1. The number of thiazole rings is 1. The number of rotatable bonds is 7. The molecule has 0 unspecified atom stereocenters. The number of hydrogen-bond acceptors (Lipinski definition) is 8. The van der Waals surface area contributed by atoms with Crippen LogP contribution in [0.5, 0.6) is 11.5 Å². The minimum atomic E-state index is -1.09. The maximum Gasteiger partial charge on any atom is 0.355 e. The smallest absolute Gasteiger partial charge is 0.355 e. The highest BCUT2D eigenvalue weighted by Crippen LogP contribution is 2.28. The highest BCUT2D eigenvalue weighted by Gasteiger charge is 2.11. The first-order valence-electron chi connectivity index (χ1n) is 8.41. The molecule has 0 saturated carbocycles. The number of aromatic nitrogens is 1. The summed E-state index contributed by atoms with van der Waals surface area (Å²) in [6.07, 6.45) is 0. The van der Waals surface area contributed by atoms with Gasteiger partial charge in [0.15, 0.2) is 16.8 Å². The third-order valence-corrected chi connectivity index (χ3v) is 4.00. The number of aliphatic imine (C=N–C) groups is 1. The van der Waals surface area contributed by atoms with E-state index in [4.69, 9.17) is 20.3 Å². The van der Waals surface area contributed by atoms with Gasteiger partial charge >= 0.3 is 11.9 Å². The van der Waals surface area contributed by atoms with Gasteiger partial charge in [-0.25, -0.2) is 14.8 Å². The maximum atomic E-state index is 10.8. The summed E-state index contributed by atoms with van der Waals surface area (Å²) >= 11 is 1.13. The number of nitrogens with two attached hydrogens (primary N) is 1. The topological polar surface area (TPSA) is 145 Å². The molecular weight excluding hydrogens is 400 g/mol. The van der Waals surface area contributed by atoms with Crippen molar-refractivity contribution in [2.75, 3.05) is 26.1 Å². The van der Waals surface area contributed by atoms with E-state index in [2.05, 4.69) is 20.0 Å². The monoisotopic (exact) mass is 424 g/mol. The molecule has 0 atom stereocenters. The Morgan fingerprint density at radius 3 is 2.31 bits per heavy atom. The molecule has 0 aliphatic rings. The first-order chi connectivity index (χ1) is 13.8. The number of aromatic carboxylic acids is 1. The van der Waals surface area contributed by atoms with Gasteiger partial charge < -0.3 is 30.4 Å². The molecular formula is C18H24N4O6S. The van der Waals surface area contributed by atoms with Crippen LogP contribution in [0.3, 0.4) is 0 Å². The molecule has 1 heterocycles. The number of carboxylic acid groups (broad SMARTS) is 1. The van der Waals surface area contributed by atoms with Gasteiger partial charge in [0.1, 0.15) is 11.5 Å². The Morgan fingerprint density at radius 2 is 1.90 bits per heavy atom. The largest absolute Gasteiger partial charge is 0.496 e. The molecule has 0 aliphatic heterocycles. The number of hydrogen-bond donors (Lipinski definition) is 3. The van der Waals surface area contributed by atoms with Gasteiger partial charge in [0.25, 0.3) is 0 Å². The van der Waals surface area contributed by atoms with E-state index in [0.29, 0.717) is 23.2 Å². The summed E-state index contributed by atoms with van der Waals surface area (Å²) in [5.74, 6) is 0.0944. The summed E-state index contributed by atoms with van der Waals surface area (Å²) in [6, 6.07) is 5.42. The number of anilines is 1. The average molecular weight is 424 g/mol. The second kappa shape index (κ2) is 12.2. The molecule has 0 bridgehead atoms. The normalized spacial score (nSPS) is 10.4. The minimum Gasteiger partial charge on any atom is -0.496 e. The number of esters is 1. The van der Waals surface area contributed by atoms with Gasteiger partial charge in [-0.1, -0.05) is 6.07 Å². The van der Waals surface area contributed by atoms with Gasteiger partial charge in [0.05, 0.1) is 32.9 Å². The Labute approximate surface area is 172 Å². The number of nitrogens with one attached hydrogen (secondary N) is 1. The Bertz CT molecular complexity index is 830. The van der Waals surface area contributed by atoms with Gasteiger partial charge in [-0.05, 0) is 19.1 Å². The lowest BCUT2D eigenvalue weighted by molar-refractivity contribution is -0.140. The first kappa shape index (κ1) is 23.7. The summed E-state index contributed by atoms with van der Waals surface area (Å²) in [5, 5.41) is 13.4. The van der Waals surface area contributed by atoms with E-state index in [-0.39, 0.29) is 24.2 Å². The molecule has 2 aromatic rings. The van der Waals surface area contributed by atoms with Crippen LogP contribution in [0.2, 0.25) is 0 Å². The van der Waals surface area contributed by atoms with Gasteiger partial charge in [0.2, 0.25) is 0 Å². The lowest BCUT2D eigenvalue weighted by Crippen LogP contribution is -2.22. The van der Waals surface area contributed by atoms with Gasteiger partial charge in [-0.2, -0.15) is 0 Å². The number of carbonyl (C=O) groups is 2. The molecule has 1 aromatic carbocycles. The third kappa shape index (κ3) is 8.05. The predicted octanol–water partition coefficient (Wildman–Crippen LogP) is 2.35. The van der Waals surface area contributed by atoms with E-state index in [9.17, 15) is 9.59 Å². The number of nitrogens with zero attached hydrogens (tertiary/aromatic N) is 2. The predicted molar refractivity (Wildman–Crippen MR) is 110 cm³/mol. The van der Waals surface area contributed by atoms with Crippen molar-refractivity contribution in [2.24, 2.45) is 10.7 Å². The molecule has 0 radical (unpaired) electrons. The maximum absolute atomic E-state index is 10.8. The van der Waals surface area contributed by atoms with Crippen molar-refractivity contribution in [3.05, 3.63) is 34.8 Å². The molecule has 158 valence electrons. The Hall–Kier alpha value is -3.34. The van der Waals surface area contributed by atoms with Crippen LogP contribution in [0, 0.1) is 0 Å². The SMILES string of the molecule is CCOC(C)=O.COc1cccc(OC)c1CN=C(N)Nc1nc(C(=O)O)cs1. The summed E-state index contributed by atoms with van der Waals surface area (Å²) in [5.41, 5.74) is 6.51. The quantitative estimate of drug-likeness (QED) is 0.346. The standard InChI is InChI=1S/C14H16N4O4S.C4H8O2/c1-21-10-4-3-5-11(22-2)8(10)6-16-13(15)18-14-17-9(7-23-14)12(19)20;1-3-6-4(2)5/h3-5,7H,6H2,1-2H3,(H,19,20)(H3,15,16,17,18);3H2,1-2H3. The number of carbonyl (C=O) groups excluding carboxylic acids is 1. The highest BCUT2D eigenvalue weighted by atomic mass is 32.1. The molecule has 0 fully saturated rings. The van der Waals surface area contributed by atoms with Crippen LogP contribution in [-0.2, 0) is 16.1 Å². The molecule has 0 saturated heterocycles. The lowest BCUT2D eigenvalue weighted by atomic mass is 10.2. The van der Waals surface area contributed by atoms with Crippen LogP contribution in [0.25, 0.3) is 0 Å². The second-order valence-corrected chi connectivity index (χ2v) is 6.09. The van der Waals surface area contributed by atoms with Crippen LogP contribution >= 0.6 is 11.3 Å².